The summed E-state index contributed by atoms with van der Waals surface area (Å²) in [5.41, 5.74) is 12.5. The van der Waals surface area contributed by atoms with Crippen molar-refractivity contribution in [3.63, 3.8) is 0 Å². The summed E-state index contributed by atoms with van der Waals surface area (Å²) in [6, 6.07) is 3.48. The molecule has 0 saturated carbocycles. The van der Waals surface area contributed by atoms with Gasteiger partial charge in [0.1, 0.15) is 6.23 Å². The van der Waals surface area contributed by atoms with E-state index in [9.17, 15) is 0 Å². The molecule has 0 radical (unpaired) electrons. The van der Waals surface area contributed by atoms with Crippen molar-refractivity contribution in [1.29, 1.82) is 0 Å². The Balaban J connectivity index is 2.89. The van der Waals surface area contributed by atoms with Crippen molar-refractivity contribution in [2.24, 2.45) is 5.73 Å². The maximum atomic E-state index is 5.85. The molecule has 1 aromatic carbocycles. The molecule has 0 aliphatic rings. The van der Waals surface area contributed by atoms with Crippen molar-refractivity contribution in [3.8, 4) is 0 Å². The topological polar surface area (TPSA) is 61.3 Å². The Morgan fingerprint density at radius 3 is 2.29 bits per heavy atom. The summed E-state index contributed by atoms with van der Waals surface area (Å²) >= 11 is 11.7. The number of hydrogen-bond donors (Lipinski definition) is 2. The summed E-state index contributed by atoms with van der Waals surface area (Å²) in [5, 5.41) is 0.881. The van der Waals surface area contributed by atoms with Gasteiger partial charge in [0.05, 0.1) is 15.7 Å². The number of benzene rings is 1. The minimum absolute atomic E-state index is 0.356. The van der Waals surface area contributed by atoms with Gasteiger partial charge < -0.3 is 16.2 Å². The zero-order valence-electron chi connectivity index (χ0n) is 7.76. The number of halogens is 2. The molecular weight excluding hydrogens is 223 g/mol. The lowest BCUT2D eigenvalue weighted by atomic mass is 10.1. The minimum atomic E-state index is -0.356. The summed E-state index contributed by atoms with van der Waals surface area (Å²) in [7, 11) is 1.55. The third kappa shape index (κ3) is 2.75. The van der Waals surface area contributed by atoms with E-state index in [1.807, 2.05) is 0 Å². The lowest BCUT2D eigenvalue weighted by molar-refractivity contribution is 0.109. The number of nitrogen functional groups attached to an aromatic ring is 1. The number of methoxy groups -OCH3 is 1. The summed E-state index contributed by atoms with van der Waals surface area (Å²) in [6.45, 7) is 0. The van der Waals surface area contributed by atoms with Crippen LogP contribution in [0.2, 0.25) is 10.0 Å². The van der Waals surface area contributed by atoms with Crippen LogP contribution in [0.25, 0.3) is 0 Å². The second-order valence-electron chi connectivity index (χ2n) is 2.95. The van der Waals surface area contributed by atoms with Gasteiger partial charge in [-0.05, 0) is 17.7 Å². The third-order valence-corrected chi connectivity index (χ3v) is 2.50. The van der Waals surface area contributed by atoms with Crippen molar-refractivity contribution in [3.05, 3.63) is 27.7 Å². The molecule has 1 atom stereocenters. The lowest BCUT2D eigenvalue weighted by Crippen LogP contribution is -2.24. The highest BCUT2D eigenvalue weighted by Crippen LogP contribution is 2.29. The average Bonchev–Trinajstić information content (AvgIpc) is 2.14. The zero-order chi connectivity index (χ0) is 10.7. The van der Waals surface area contributed by atoms with Gasteiger partial charge >= 0.3 is 0 Å². The molecule has 14 heavy (non-hydrogen) atoms. The molecule has 0 aliphatic heterocycles. The van der Waals surface area contributed by atoms with Gasteiger partial charge in [0.2, 0.25) is 0 Å². The van der Waals surface area contributed by atoms with Crippen LogP contribution in [0, 0.1) is 0 Å². The molecule has 0 aromatic heterocycles. The molecule has 3 nitrogen and oxygen atoms in total. The summed E-state index contributed by atoms with van der Waals surface area (Å²) in [5.74, 6) is 0. The SMILES string of the molecule is COC(N)Cc1cc(Cl)c(N)c(Cl)c1. The molecule has 0 spiro atoms. The molecule has 1 rings (SSSR count). The standard InChI is InChI=1S/C9H12Cl2N2O/c1-14-8(12)4-5-2-6(10)9(13)7(11)3-5/h2-3,8H,4,12-13H2,1H3. The first-order valence-electron chi connectivity index (χ1n) is 4.06. The Bertz CT molecular complexity index is 308. The summed E-state index contributed by atoms with van der Waals surface area (Å²) in [6.07, 6.45) is 0.196. The van der Waals surface area contributed by atoms with E-state index in [0.717, 1.165) is 5.56 Å². The van der Waals surface area contributed by atoms with Gasteiger partial charge in [0, 0.05) is 13.5 Å². The molecule has 1 aromatic rings. The zero-order valence-corrected chi connectivity index (χ0v) is 9.27. The molecule has 0 heterocycles. The summed E-state index contributed by atoms with van der Waals surface area (Å²) in [4.78, 5) is 0. The van der Waals surface area contributed by atoms with Crippen LogP contribution in [-0.2, 0) is 11.2 Å². The van der Waals surface area contributed by atoms with Crippen molar-refractivity contribution in [2.75, 3.05) is 12.8 Å². The Morgan fingerprint density at radius 1 is 1.36 bits per heavy atom. The number of anilines is 1. The first kappa shape index (κ1) is 11.6. The van der Waals surface area contributed by atoms with Gasteiger partial charge in [-0.2, -0.15) is 0 Å². The van der Waals surface area contributed by atoms with Gasteiger partial charge in [-0.3, -0.25) is 0 Å². The fraction of sp³-hybridized carbons (Fsp3) is 0.333. The number of hydrogen-bond acceptors (Lipinski definition) is 3. The molecule has 1 unspecified atom stereocenters. The van der Waals surface area contributed by atoms with Crippen molar-refractivity contribution < 1.29 is 4.74 Å². The summed E-state index contributed by atoms with van der Waals surface area (Å²) < 4.78 is 4.92. The van der Waals surface area contributed by atoms with Crippen LogP contribution >= 0.6 is 23.2 Å². The van der Waals surface area contributed by atoms with Gasteiger partial charge in [-0.15, -0.1) is 0 Å². The van der Waals surface area contributed by atoms with Crippen LogP contribution in [0.4, 0.5) is 5.69 Å². The van der Waals surface area contributed by atoms with Crippen LogP contribution in [0.15, 0.2) is 12.1 Å². The van der Waals surface area contributed by atoms with Gasteiger partial charge in [-0.25, -0.2) is 0 Å². The molecule has 0 saturated heterocycles. The predicted octanol–water partition coefficient (Wildman–Crippen LogP) is 2.05. The smallest absolute Gasteiger partial charge is 0.109 e. The Kier molecular flexibility index (Phi) is 4.01. The molecule has 5 heteroatoms. The maximum Gasteiger partial charge on any atom is 0.109 e. The number of ether oxygens (including phenoxy) is 1. The number of rotatable bonds is 3. The van der Waals surface area contributed by atoms with E-state index in [1.54, 1.807) is 19.2 Å². The van der Waals surface area contributed by atoms with E-state index >= 15 is 0 Å². The molecule has 0 bridgehead atoms. The van der Waals surface area contributed by atoms with E-state index in [2.05, 4.69) is 0 Å². The minimum Gasteiger partial charge on any atom is -0.396 e. The highest BCUT2D eigenvalue weighted by molar-refractivity contribution is 6.38. The van der Waals surface area contributed by atoms with Gasteiger partial charge in [0.15, 0.2) is 0 Å². The highest BCUT2D eigenvalue weighted by Gasteiger charge is 2.07. The molecule has 0 aliphatic carbocycles. The monoisotopic (exact) mass is 234 g/mol. The maximum absolute atomic E-state index is 5.85. The fourth-order valence-electron chi connectivity index (χ4n) is 1.07. The van der Waals surface area contributed by atoms with E-state index in [4.69, 9.17) is 39.4 Å². The lowest BCUT2D eigenvalue weighted by Gasteiger charge is -2.11. The molecule has 78 valence electrons. The van der Waals surface area contributed by atoms with Crippen molar-refractivity contribution >= 4 is 28.9 Å². The van der Waals surface area contributed by atoms with Gasteiger partial charge in [0.25, 0.3) is 0 Å². The Morgan fingerprint density at radius 2 is 1.86 bits per heavy atom. The second-order valence-corrected chi connectivity index (χ2v) is 3.77. The Labute approximate surface area is 92.9 Å². The largest absolute Gasteiger partial charge is 0.396 e. The quantitative estimate of drug-likeness (QED) is 0.622. The molecule has 4 N–H and O–H groups in total. The van der Waals surface area contributed by atoms with E-state index < -0.39 is 0 Å². The second kappa shape index (κ2) is 4.84. The van der Waals surface area contributed by atoms with E-state index in [0.29, 0.717) is 22.2 Å². The van der Waals surface area contributed by atoms with Crippen LogP contribution < -0.4 is 11.5 Å². The molecule has 0 fully saturated rings. The van der Waals surface area contributed by atoms with E-state index in [1.165, 1.54) is 0 Å². The normalized spacial score (nSPS) is 12.9. The van der Waals surface area contributed by atoms with Crippen molar-refractivity contribution in [2.45, 2.75) is 12.6 Å². The average molecular weight is 235 g/mol. The Hall–Kier alpha value is -0.480. The number of nitrogens with two attached hydrogens (primary N) is 2. The first-order chi connectivity index (χ1) is 6.54. The third-order valence-electron chi connectivity index (χ3n) is 1.88. The van der Waals surface area contributed by atoms with Gasteiger partial charge in [-0.1, -0.05) is 23.2 Å². The fourth-order valence-corrected chi connectivity index (χ4v) is 1.60. The first-order valence-corrected chi connectivity index (χ1v) is 4.82. The van der Waals surface area contributed by atoms with Crippen LogP contribution in [-0.4, -0.2) is 13.3 Å². The molecule has 0 amide bonds. The predicted molar refractivity (Wildman–Crippen MR) is 59.6 cm³/mol. The molecular formula is C9H12Cl2N2O. The highest BCUT2D eigenvalue weighted by atomic mass is 35.5. The van der Waals surface area contributed by atoms with Crippen LogP contribution in [0.3, 0.4) is 0 Å². The van der Waals surface area contributed by atoms with Crippen LogP contribution in [0.1, 0.15) is 5.56 Å². The van der Waals surface area contributed by atoms with Crippen LogP contribution in [0.5, 0.6) is 0 Å². The van der Waals surface area contributed by atoms with Crippen molar-refractivity contribution in [1.82, 2.24) is 0 Å². The van der Waals surface area contributed by atoms with E-state index in [-0.39, 0.29) is 6.23 Å².